The highest BCUT2D eigenvalue weighted by Gasteiger charge is 2.08. The van der Waals surface area contributed by atoms with Crippen LogP contribution in [0.5, 0.6) is 0 Å². The van der Waals surface area contributed by atoms with Gasteiger partial charge in [-0.15, -0.1) is 0 Å². The first-order valence-electron chi connectivity index (χ1n) is 4.94. The minimum Gasteiger partial charge on any atom is -0.294 e. The van der Waals surface area contributed by atoms with Gasteiger partial charge in [0.25, 0.3) is 0 Å². The average Bonchev–Trinajstić information content (AvgIpc) is 2.29. The van der Waals surface area contributed by atoms with E-state index in [0.29, 0.717) is 22.8 Å². The van der Waals surface area contributed by atoms with Gasteiger partial charge in [0.15, 0.2) is 11.6 Å². The SMILES string of the molecule is CC(=O)c1cnc(-c2ccccn2)nc1C. The fraction of sp³-hybridized carbons (Fsp3) is 0.167. The van der Waals surface area contributed by atoms with E-state index >= 15 is 0 Å². The van der Waals surface area contributed by atoms with Gasteiger partial charge in [-0.25, -0.2) is 9.97 Å². The normalized spacial score (nSPS) is 10.1. The molecule has 0 aliphatic carbocycles. The number of hydrogen-bond donors (Lipinski definition) is 0. The highest BCUT2D eigenvalue weighted by Crippen LogP contribution is 2.13. The highest BCUT2D eigenvalue weighted by molar-refractivity contribution is 5.94. The van der Waals surface area contributed by atoms with E-state index in [4.69, 9.17) is 0 Å². The van der Waals surface area contributed by atoms with Crippen molar-refractivity contribution in [2.24, 2.45) is 0 Å². The molecule has 80 valence electrons. The first-order valence-corrected chi connectivity index (χ1v) is 4.94. The lowest BCUT2D eigenvalue weighted by molar-refractivity contribution is 0.101. The van der Waals surface area contributed by atoms with Crippen LogP contribution in [0.3, 0.4) is 0 Å². The zero-order valence-electron chi connectivity index (χ0n) is 9.14. The molecule has 0 aromatic carbocycles. The average molecular weight is 213 g/mol. The fourth-order valence-electron chi connectivity index (χ4n) is 1.43. The van der Waals surface area contributed by atoms with Crippen LogP contribution in [0, 0.1) is 6.92 Å². The molecule has 4 heteroatoms. The van der Waals surface area contributed by atoms with Gasteiger partial charge < -0.3 is 0 Å². The third-order valence-electron chi connectivity index (χ3n) is 2.25. The van der Waals surface area contributed by atoms with Crippen LogP contribution in [-0.4, -0.2) is 20.7 Å². The Hall–Kier alpha value is -2.10. The molecule has 2 heterocycles. The molecule has 2 aromatic rings. The Morgan fingerprint density at radius 2 is 2.06 bits per heavy atom. The summed E-state index contributed by atoms with van der Waals surface area (Å²) >= 11 is 0. The van der Waals surface area contributed by atoms with Crippen molar-refractivity contribution >= 4 is 5.78 Å². The smallest absolute Gasteiger partial charge is 0.178 e. The molecule has 0 fully saturated rings. The number of pyridine rings is 1. The Balaban J connectivity index is 2.46. The van der Waals surface area contributed by atoms with Gasteiger partial charge in [0.1, 0.15) is 5.69 Å². The summed E-state index contributed by atoms with van der Waals surface area (Å²) in [6, 6.07) is 5.54. The topological polar surface area (TPSA) is 55.7 Å². The van der Waals surface area contributed by atoms with Crippen LogP contribution in [0.1, 0.15) is 23.0 Å². The molecule has 16 heavy (non-hydrogen) atoms. The standard InChI is InChI=1S/C12H11N3O/c1-8-10(9(2)16)7-14-12(15-8)11-5-3-4-6-13-11/h3-7H,1-2H3. The highest BCUT2D eigenvalue weighted by atomic mass is 16.1. The van der Waals surface area contributed by atoms with Crippen LogP contribution >= 0.6 is 0 Å². The molecule has 0 aliphatic rings. The first-order chi connectivity index (χ1) is 7.68. The molecule has 4 nitrogen and oxygen atoms in total. The first kappa shape index (κ1) is 10.4. The van der Waals surface area contributed by atoms with Gasteiger partial charge in [-0.05, 0) is 26.0 Å². The number of Topliss-reactive ketones (excluding diaryl/α,β-unsaturated/α-hetero) is 1. The van der Waals surface area contributed by atoms with Crippen LogP contribution in [0.4, 0.5) is 0 Å². The quantitative estimate of drug-likeness (QED) is 0.716. The van der Waals surface area contributed by atoms with Gasteiger partial charge in [0.05, 0.1) is 11.3 Å². The van der Waals surface area contributed by atoms with Gasteiger partial charge in [0, 0.05) is 12.4 Å². The Morgan fingerprint density at radius 1 is 1.25 bits per heavy atom. The summed E-state index contributed by atoms with van der Waals surface area (Å²) in [4.78, 5) is 23.8. The number of rotatable bonds is 2. The van der Waals surface area contributed by atoms with Crippen LogP contribution in [0.25, 0.3) is 11.5 Å². The largest absolute Gasteiger partial charge is 0.294 e. The summed E-state index contributed by atoms with van der Waals surface area (Å²) in [5.74, 6) is 0.521. The molecule has 2 rings (SSSR count). The predicted octanol–water partition coefficient (Wildman–Crippen LogP) is 2.05. The van der Waals surface area contributed by atoms with Crippen molar-refractivity contribution < 1.29 is 4.79 Å². The Bertz CT molecular complexity index is 523. The van der Waals surface area contributed by atoms with Crippen LogP contribution in [-0.2, 0) is 0 Å². The van der Waals surface area contributed by atoms with Gasteiger partial charge in [0.2, 0.25) is 0 Å². The van der Waals surface area contributed by atoms with Gasteiger partial charge in [-0.2, -0.15) is 0 Å². The molecular weight excluding hydrogens is 202 g/mol. The number of hydrogen-bond acceptors (Lipinski definition) is 4. The maximum Gasteiger partial charge on any atom is 0.178 e. The predicted molar refractivity (Wildman–Crippen MR) is 60.0 cm³/mol. The number of aryl methyl sites for hydroxylation is 1. The molecule has 0 radical (unpaired) electrons. The second-order valence-electron chi connectivity index (χ2n) is 3.46. The zero-order chi connectivity index (χ0) is 11.5. The van der Waals surface area contributed by atoms with E-state index in [0.717, 1.165) is 0 Å². The number of carbonyl (C=O) groups excluding carboxylic acids is 1. The van der Waals surface area contributed by atoms with E-state index in [-0.39, 0.29) is 5.78 Å². The summed E-state index contributed by atoms with van der Waals surface area (Å²) in [6.45, 7) is 3.30. The van der Waals surface area contributed by atoms with Crippen molar-refractivity contribution in [2.45, 2.75) is 13.8 Å². The maximum absolute atomic E-state index is 11.2. The van der Waals surface area contributed by atoms with Crippen molar-refractivity contribution in [3.8, 4) is 11.5 Å². The second kappa shape index (κ2) is 4.18. The maximum atomic E-state index is 11.2. The number of ketones is 1. The lowest BCUT2D eigenvalue weighted by Crippen LogP contribution is -2.02. The molecule has 0 saturated heterocycles. The summed E-state index contributed by atoms with van der Waals surface area (Å²) in [5, 5.41) is 0. The van der Waals surface area contributed by atoms with Crippen molar-refractivity contribution in [3.05, 3.63) is 41.9 Å². The Morgan fingerprint density at radius 3 is 2.62 bits per heavy atom. The molecule has 0 bridgehead atoms. The molecule has 0 atom stereocenters. The van der Waals surface area contributed by atoms with Gasteiger partial charge in [-0.3, -0.25) is 9.78 Å². The van der Waals surface area contributed by atoms with Crippen molar-refractivity contribution in [3.63, 3.8) is 0 Å². The number of aromatic nitrogens is 3. The monoisotopic (exact) mass is 213 g/mol. The lowest BCUT2D eigenvalue weighted by Gasteiger charge is -2.03. The van der Waals surface area contributed by atoms with Gasteiger partial charge in [-0.1, -0.05) is 6.07 Å². The molecule has 0 saturated carbocycles. The third-order valence-corrected chi connectivity index (χ3v) is 2.25. The molecule has 0 unspecified atom stereocenters. The summed E-state index contributed by atoms with van der Waals surface area (Å²) in [7, 11) is 0. The summed E-state index contributed by atoms with van der Waals surface area (Å²) in [5.41, 5.74) is 1.95. The minimum absolute atomic E-state index is 0.0231. The second-order valence-corrected chi connectivity index (χ2v) is 3.46. The lowest BCUT2D eigenvalue weighted by atomic mass is 10.2. The van der Waals surface area contributed by atoms with Crippen molar-refractivity contribution in [1.82, 2.24) is 15.0 Å². The summed E-state index contributed by atoms with van der Waals surface area (Å²) in [6.07, 6.45) is 3.24. The van der Waals surface area contributed by atoms with Crippen LogP contribution in [0.15, 0.2) is 30.6 Å². The fourth-order valence-corrected chi connectivity index (χ4v) is 1.43. The van der Waals surface area contributed by atoms with E-state index < -0.39 is 0 Å². The molecule has 0 spiro atoms. The van der Waals surface area contributed by atoms with E-state index in [9.17, 15) is 4.79 Å². The molecule has 0 amide bonds. The van der Waals surface area contributed by atoms with E-state index in [1.165, 1.54) is 6.92 Å². The van der Waals surface area contributed by atoms with E-state index in [2.05, 4.69) is 15.0 Å². The third kappa shape index (κ3) is 1.95. The molecule has 0 aliphatic heterocycles. The number of nitrogens with zero attached hydrogens (tertiary/aromatic N) is 3. The van der Waals surface area contributed by atoms with Crippen LogP contribution < -0.4 is 0 Å². The molecular formula is C12H11N3O. The minimum atomic E-state index is -0.0231. The van der Waals surface area contributed by atoms with E-state index in [1.807, 2.05) is 18.2 Å². The Labute approximate surface area is 93.4 Å². The molecule has 0 N–H and O–H groups in total. The zero-order valence-corrected chi connectivity index (χ0v) is 9.14. The summed E-state index contributed by atoms with van der Waals surface area (Å²) < 4.78 is 0. The molecule has 2 aromatic heterocycles. The van der Waals surface area contributed by atoms with Crippen molar-refractivity contribution in [2.75, 3.05) is 0 Å². The van der Waals surface area contributed by atoms with Crippen molar-refractivity contribution in [1.29, 1.82) is 0 Å². The Kier molecular flexibility index (Phi) is 2.72. The number of carbonyl (C=O) groups is 1. The van der Waals surface area contributed by atoms with Gasteiger partial charge >= 0.3 is 0 Å². The van der Waals surface area contributed by atoms with Crippen LogP contribution in [0.2, 0.25) is 0 Å². The van der Waals surface area contributed by atoms with E-state index in [1.54, 1.807) is 19.3 Å².